The molecule has 2 rings (SSSR count). The van der Waals surface area contributed by atoms with Crippen LogP contribution in [0.25, 0.3) is 5.69 Å². The smallest absolute Gasteiger partial charge is 0.0695 e. The van der Waals surface area contributed by atoms with Crippen molar-refractivity contribution in [1.29, 1.82) is 0 Å². The Morgan fingerprint density at radius 2 is 1.95 bits per heavy atom. The summed E-state index contributed by atoms with van der Waals surface area (Å²) in [7, 11) is 0. The molecule has 0 N–H and O–H groups in total. The molecule has 0 aliphatic heterocycles. The van der Waals surface area contributed by atoms with Gasteiger partial charge in [-0.15, -0.1) is 0 Å². The largest absolute Gasteiger partial charge is 0.240 e. The van der Waals surface area contributed by atoms with Gasteiger partial charge in [0.2, 0.25) is 0 Å². The molecule has 1 aromatic heterocycles. The Balaban J connectivity index is 2.47. The van der Waals surface area contributed by atoms with E-state index >= 15 is 0 Å². The van der Waals surface area contributed by atoms with Crippen LogP contribution in [0, 0.1) is 0 Å². The van der Waals surface area contributed by atoms with Crippen molar-refractivity contribution in [3.63, 3.8) is 0 Å². The second-order valence-electron chi connectivity index (χ2n) is 5.94. The standard InChI is InChI=1S/C18H25ClN2/c1-5-7-14(6-2)16-9-8-15(19)12-18(16)21-11-10-17(20-21)13(3)4/h8-14H,5-7H2,1-4H3. The van der Waals surface area contributed by atoms with Gasteiger partial charge in [0.15, 0.2) is 0 Å². The van der Waals surface area contributed by atoms with E-state index in [0.717, 1.165) is 22.8 Å². The Kier molecular flexibility index (Phi) is 5.46. The van der Waals surface area contributed by atoms with Crippen LogP contribution in [0.1, 0.15) is 70.1 Å². The van der Waals surface area contributed by atoms with Crippen molar-refractivity contribution in [3.8, 4) is 5.69 Å². The van der Waals surface area contributed by atoms with E-state index in [1.54, 1.807) is 0 Å². The maximum Gasteiger partial charge on any atom is 0.0695 e. The summed E-state index contributed by atoms with van der Waals surface area (Å²) in [4.78, 5) is 0. The summed E-state index contributed by atoms with van der Waals surface area (Å²) in [6.45, 7) is 8.82. The Hall–Kier alpha value is -1.28. The summed E-state index contributed by atoms with van der Waals surface area (Å²) in [6.07, 6.45) is 5.57. The molecule has 0 aliphatic carbocycles. The van der Waals surface area contributed by atoms with Crippen LogP contribution in [0.4, 0.5) is 0 Å². The molecule has 0 spiro atoms. The van der Waals surface area contributed by atoms with Crippen molar-refractivity contribution < 1.29 is 0 Å². The molecule has 2 aromatic rings. The monoisotopic (exact) mass is 304 g/mol. The molecule has 2 nitrogen and oxygen atoms in total. The minimum absolute atomic E-state index is 0.437. The lowest BCUT2D eigenvalue weighted by Crippen LogP contribution is -2.06. The number of hydrogen-bond donors (Lipinski definition) is 0. The normalized spacial score (nSPS) is 12.9. The first kappa shape index (κ1) is 16.1. The summed E-state index contributed by atoms with van der Waals surface area (Å²) in [6, 6.07) is 8.28. The van der Waals surface area contributed by atoms with Gasteiger partial charge in [-0.25, -0.2) is 4.68 Å². The van der Waals surface area contributed by atoms with Gasteiger partial charge in [-0.05, 0) is 48.4 Å². The van der Waals surface area contributed by atoms with E-state index in [1.165, 1.54) is 18.4 Å². The number of hydrogen-bond acceptors (Lipinski definition) is 1. The van der Waals surface area contributed by atoms with Crippen LogP contribution in [0.15, 0.2) is 30.5 Å². The third-order valence-electron chi connectivity index (χ3n) is 4.01. The van der Waals surface area contributed by atoms with Gasteiger partial charge in [0.05, 0.1) is 11.4 Å². The molecule has 1 unspecified atom stereocenters. The first-order valence-electron chi connectivity index (χ1n) is 7.92. The van der Waals surface area contributed by atoms with Gasteiger partial charge in [-0.2, -0.15) is 5.10 Å². The highest BCUT2D eigenvalue weighted by atomic mass is 35.5. The fourth-order valence-electron chi connectivity index (χ4n) is 2.77. The molecule has 0 radical (unpaired) electrons. The number of aromatic nitrogens is 2. The van der Waals surface area contributed by atoms with Crippen molar-refractivity contribution in [1.82, 2.24) is 9.78 Å². The quantitative estimate of drug-likeness (QED) is 0.645. The van der Waals surface area contributed by atoms with Gasteiger partial charge in [0, 0.05) is 11.2 Å². The summed E-state index contributed by atoms with van der Waals surface area (Å²) in [5.41, 5.74) is 3.58. The molecular formula is C18H25ClN2. The summed E-state index contributed by atoms with van der Waals surface area (Å²) in [5.74, 6) is 1.00. The van der Waals surface area contributed by atoms with E-state index in [-0.39, 0.29) is 0 Å². The summed E-state index contributed by atoms with van der Waals surface area (Å²) in [5, 5.41) is 5.48. The molecule has 114 valence electrons. The van der Waals surface area contributed by atoms with Crippen LogP contribution >= 0.6 is 11.6 Å². The third kappa shape index (κ3) is 3.68. The van der Waals surface area contributed by atoms with Gasteiger partial charge in [0.25, 0.3) is 0 Å². The van der Waals surface area contributed by atoms with E-state index in [9.17, 15) is 0 Å². The minimum Gasteiger partial charge on any atom is -0.240 e. The van der Waals surface area contributed by atoms with Crippen LogP contribution in [0.2, 0.25) is 5.02 Å². The zero-order valence-corrected chi connectivity index (χ0v) is 14.2. The second-order valence-corrected chi connectivity index (χ2v) is 6.37. The molecule has 1 atom stereocenters. The summed E-state index contributed by atoms with van der Waals surface area (Å²) >= 11 is 6.22. The molecule has 0 bridgehead atoms. The van der Waals surface area contributed by atoms with Crippen LogP contribution in [0.3, 0.4) is 0 Å². The third-order valence-corrected chi connectivity index (χ3v) is 4.25. The Morgan fingerprint density at radius 1 is 1.19 bits per heavy atom. The highest BCUT2D eigenvalue weighted by Gasteiger charge is 2.16. The van der Waals surface area contributed by atoms with Gasteiger partial charge >= 0.3 is 0 Å². The Labute approximate surface area is 133 Å². The average molecular weight is 305 g/mol. The lowest BCUT2D eigenvalue weighted by Gasteiger charge is -2.19. The molecule has 1 aromatic carbocycles. The van der Waals surface area contributed by atoms with E-state index < -0.39 is 0 Å². The molecule has 0 amide bonds. The number of nitrogens with zero attached hydrogens (tertiary/aromatic N) is 2. The molecule has 1 heterocycles. The maximum absolute atomic E-state index is 6.22. The molecule has 3 heteroatoms. The molecule has 0 aliphatic rings. The molecule has 21 heavy (non-hydrogen) atoms. The van der Waals surface area contributed by atoms with E-state index in [2.05, 4.69) is 39.8 Å². The van der Waals surface area contributed by atoms with Gasteiger partial charge < -0.3 is 0 Å². The lowest BCUT2D eigenvalue weighted by atomic mass is 9.91. The average Bonchev–Trinajstić information content (AvgIpc) is 2.95. The zero-order chi connectivity index (χ0) is 15.4. The van der Waals surface area contributed by atoms with Crippen molar-refractivity contribution in [2.45, 2.75) is 58.8 Å². The van der Waals surface area contributed by atoms with E-state index in [0.29, 0.717) is 11.8 Å². The highest BCUT2D eigenvalue weighted by molar-refractivity contribution is 6.30. The summed E-state index contributed by atoms with van der Waals surface area (Å²) < 4.78 is 1.98. The van der Waals surface area contributed by atoms with Crippen LogP contribution in [-0.4, -0.2) is 9.78 Å². The molecule has 0 saturated heterocycles. The van der Waals surface area contributed by atoms with Crippen LogP contribution in [0.5, 0.6) is 0 Å². The fourth-order valence-corrected chi connectivity index (χ4v) is 2.93. The van der Waals surface area contributed by atoms with Crippen LogP contribution < -0.4 is 0 Å². The van der Waals surface area contributed by atoms with Gasteiger partial charge in [-0.1, -0.05) is 51.8 Å². The topological polar surface area (TPSA) is 17.8 Å². The minimum atomic E-state index is 0.437. The van der Waals surface area contributed by atoms with Crippen molar-refractivity contribution >= 4 is 11.6 Å². The zero-order valence-electron chi connectivity index (χ0n) is 13.4. The second kappa shape index (κ2) is 7.13. The first-order chi connectivity index (χ1) is 10.1. The van der Waals surface area contributed by atoms with Gasteiger partial charge in [0.1, 0.15) is 0 Å². The predicted octanol–water partition coefficient (Wildman–Crippen LogP) is 5.94. The molecular weight excluding hydrogens is 280 g/mol. The molecule has 0 fully saturated rings. The first-order valence-corrected chi connectivity index (χ1v) is 8.30. The lowest BCUT2D eigenvalue weighted by molar-refractivity contribution is 0.590. The van der Waals surface area contributed by atoms with Crippen molar-refractivity contribution in [2.24, 2.45) is 0 Å². The number of rotatable bonds is 6. The molecule has 0 saturated carbocycles. The van der Waals surface area contributed by atoms with E-state index in [4.69, 9.17) is 16.7 Å². The predicted molar refractivity (Wildman–Crippen MR) is 90.6 cm³/mol. The Morgan fingerprint density at radius 3 is 2.52 bits per heavy atom. The number of benzene rings is 1. The van der Waals surface area contributed by atoms with Gasteiger partial charge in [-0.3, -0.25) is 0 Å². The van der Waals surface area contributed by atoms with Crippen molar-refractivity contribution in [3.05, 3.63) is 46.7 Å². The fraction of sp³-hybridized carbons (Fsp3) is 0.500. The number of halogens is 1. The maximum atomic E-state index is 6.22. The van der Waals surface area contributed by atoms with E-state index in [1.807, 2.05) is 23.0 Å². The van der Waals surface area contributed by atoms with Crippen LogP contribution in [-0.2, 0) is 0 Å². The Bertz CT molecular complexity index is 587. The highest BCUT2D eigenvalue weighted by Crippen LogP contribution is 2.31. The van der Waals surface area contributed by atoms with Crippen molar-refractivity contribution in [2.75, 3.05) is 0 Å². The SMILES string of the molecule is CCCC(CC)c1ccc(Cl)cc1-n1ccc(C(C)C)n1.